The smallest absolute Gasteiger partial charge is 0.419 e. The first-order valence-corrected chi connectivity index (χ1v) is 6.37. The third kappa shape index (κ3) is 3.24. The van der Waals surface area contributed by atoms with Gasteiger partial charge < -0.3 is 9.84 Å². The fourth-order valence-corrected chi connectivity index (χ4v) is 1.73. The molecule has 2 aromatic heterocycles. The van der Waals surface area contributed by atoms with Gasteiger partial charge in [0, 0.05) is 12.4 Å². The van der Waals surface area contributed by atoms with Gasteiger partial charge in [-0.2, -0.15) is 0 Å². The lowest BCUT2D eigenvalue weighted by Crippen LogP contribution is -2.27. The number of nitrogens with zero attached hydrogens (tertiary/aromatic N) is 2. The van der Waals surface area contributed by atoms with Crippen LogP contribution in [0.1, 0.15) is 26.3 Å². The zero-order chi connectivity index (χ0) is 14.8. The number of carbonyl (C=O) groups is 1. The number of aromatic nitrogens is 2. The summed E-state index contributed by atoms with van der Waals surface area (Å²) in [5.41, 5.74) is 1.48. The monoisotopic (exact) mass is 274 g/mol. The Morgan fingerprint density at radius 3 is 2.65 bits per heavy atom. The zero-order valence-corrected chi connectivity index (χ0v) is 11.8. The minimum Gasteiger partial charge on any atom is -0.443 e. The molecule has 5 nitrogen and oxygen atoms in total. The average Bonchev–Trinajstić information content (AvgIpc) is 2.86. The Balaban J connectivity index is 2.30. The van der Waals surface area contributed by atoms with Crippen LogP contribution in [-0.2, 0) is 11.3 Å². The summed E-state index contributed by atoms with van der Waals surface area (Å²) in [6.45, 7) is 5.41. The van der Waals surface area contributed by atoms with Gasteiger partial charge in [-0.25, -0.2) is 4.79 Å². The maximum Gasteiger partial charge on any atom is 0.419 e. The molecule has 20 heavy (non-hydrogen) atoms. The normalized spacial score (nSPS) is 11.4. The summed E-state index contributed by atoms with van der Waals surface area (Å²) >= 11 is 0. The molecule has 0 aliphatic rings. The Morgan fingerprint density at radius 2 is 2.10 bits per heavy atom. The molecule has 0 aromatic carbocycles. The molecule has 0 saturated carbocycles. The summed E-state index contributed by atoms with van der Waals surface area (Å²) in [4.78, 5) is 16.4. The van der Waals surface area contributed by atoms with Gasteiger partial charge in [0.05, 0.1) is 18.0 Å². The van der Waals surface area contributed by atoms with Gasteiger partial charge in [0.15, 0.2) is 0 Å². The highest BCUT2D eigenvalue weighted by Crippen LogP contribution is 2.20. The summed E-state index contributed by atoms with van der Waals surface area (Å²) < 4.78 is 6.77. The van der Waals surface area contributed by atoms with Crippen LogP contribution in [0.4, 0.5) is 4.79 Å². The zero-order valence-electron chi connectivity index (χ0n) is 11.8. The van der Waals surface area contributed by atoms with Gasteiger partial charge in [0.1, 0.15) is 5.60 Å². The second kappa shape index (κ2) is 5.46. The number of ether oxygens (including phenoxy) is 1. The van der Waals surface area contributed by atoms with Crippen molar-refractivity contribution in [1.82, 2.24) is 9.55 Å². The molecule has 1 N–H and O–H groups in total. The van der Waals surface area contributed by atoms with Gasteiger partial charge in [0.25, 0.3) is 0 Å². The Labute approximate surface area is 117 Å². The van der Waals surface area contributed by atoms with E-state index in [1.54, 1.807) is 36.7 Å². The van der Waals surface area contributed by atoms with Crippen molar-refractivity contribution >= 4 is 6.09 Å². The fraction of sp³-hybridized carbons (Fsp3) is 0.333. The highest BCUT2D eigenvalue weighted by molar-refractivity contribution is 5.77. The van der Waals surface area contributed by atoms with Crippen molar-refractivity contribution in [2.75, 3.05) is 0 Å². The maximum atomic E-state index is 12.1. The number of hydrogen-bond acceptors (Lipinski definition) is 4. The van der Waals surface area contributed by atoms with Crippen molar-refractivity contribution in [1.29, 1.82) is 0 Å². The van der Waals surface area contributed by atoms with Crippen LogP contribution < -0.4 is 0 Å². The van der Waals surface area contributed by atoms with Crippen LogP contribution in [0, 0.1) is 0 Å². The second-order valence-electron chi connectivity index (χ2n) is 5.45. The predicted octanol–water partition coefficient (Wildman–Crippen LogP) is 2.83. The van der Waals surface area contributed by atoms with Crippen LogP contribution in [0.5, 0.6) is 0 Å². The van der Waals surface area contributed by atoms with Gasteiger partial charge in [-0.3, -0.25) is 9.55 Å². The molecule has 0 aliphatic carbocycles. The van der Waals surface area contributed by atoms with Crippen LogP contribution >= 0.6 is 0 Å². The Bertz CT molecular complexity index is 594. The molecule has 0 aliphatic heterocycles. The molecule has 0 spiro atoms. The topological polar surface area (TPSA) is 64.3 Å². The highest BCUT2D eigenvalue weighted by atomic mass is 16.6. The van der Waals surface area contributed by atoms with Crippen molar-refractivity contribution < 1.29 is 14.6 Å². The van der Waals surface area contributed by atoms with E-state index in [9.17, 15) is 4.79 Å². The molecule has 0 unspecified atom stereocenters. The molecule has 0 bridgehead atoms. The second-order valence-corrected chi connectivity index (χ2v) is 5.45. The van der Waals surface area contributed by atoms with Crippen molar-refractivity contribution in [3.63, 3.8) is 0 Å². The van der Waals surface area contributed by atoms with Gasteiger partial charge in [0.2, 0.25) is 0 Å². The summed E-state index contributed by atoms with van der Waals surface area (Å²) in [5, 5.41) is 9.01. The largest absolute Gasteiger partial charge is 0.443 e. The number of rotatable bonds is 2. The molecule has 0 radical (unpaired) electrons. The average molecular weight is 274 g/mol. The lowest BCUT2D eigenvalue weighted by atomic mass is 10.2. The van der Waals surface area contributed by atoms with E-state index < -0.39 is 11.7 Å². The minimum atomic E-state index is -0.549. The van der Waals surface area contributed by atoms with Gasteiger partial charge in [-0.05, 0) is 44.5 Å². The van der Waals surface area contributed by atoms with E-state index in [1.165, 1.54) is 4.57 Å². The van der Waals surface area contributed by atoms with Gasteiger partial charge >= 0.3 is 6.09 Å². The van der Waals surface area contributed by atoms with E-state index in [2.05, 4.69) is 4.98 Å². The van der Waals surface area contributed by atoms with Crippen LogP contribution in [0.2, 0.25) is 0 Å². The van der Waals surface area contributed by atoms with E-state index in [1.807, 2.05) is 20.8 Å². The molecule has 106 valence electrons. The van der Waals surface area contributed by atoms with Crippen molar-refractivity contribution in [3.05, 3.63) is 42.2 Å². The summed E-state index contributed by atoms with van der Waals surface area (Å²) in [6.07, 6.45) is 2.79. The Hall–Kier alpha value is -2.14. The van der Waals surface area contributed by atoms with Crippen molar-refractivity contribution in [2.45, 2.75) is 33.0 Å². The standard InChI is InChI=1S/C15H18N2O3/c1-15(2,3)20-14(19)17-8-4-5-13(17)12-7-6-11(10-18)9-16-12/h4-9,18H,10H2,1-3H3. The van der Waals surface area contributed by atoms with Crippen LogP contribution in [0.25, 0.3) is 11.4 Å². The molecule has 2 rings (SSSR count). The van der Waals surface area contributed by atoms with E-state index in [0.29, 0.717) is 11.4 Å². The third-order valence-electron chi connectivity index (χ3n) is 2.61. The summed E-state index contributed by atoms with van der Waals surface area (Å²) in [7, 11) is 0. The molecule has 2 heterocycles. The quantitative estimate of drug-likeness (QED) is 0.914. The van der Waals surface area contributed by atoms with Crippen LogP contribution in [-0.4, -0.2) is 26.4 Å². The lowest BCUT2D eigenvalue weighted by molar-refractivity contribution is 0.0540. The molecule has 0 saturated heterocycles. The maximum absolute atomic E-state index is 12.1. The molecule has 2 aromatic rings. The molecule has 0 amide bonds. The fourth-order valence-electron chi connectivity index (χ4n) is 1.73. The molecule has 0 atom stereocenters. The summed E-state index contributed by atoms with van der Waals surface area (Å²) in [6, 6.07) is 7.10. The van der Waals surface area contributed by atoms with Crippen molar-refractivity contribution in [2.24, 2.45) is 0 Å². The van der Waals surface area contributed by atoms with Gasteiger partial charge in [-0.15, -0.1) is 0 Å². The molecular formula is C15H18N2O3. The van der Waals surface area contributed by atoms with Crippen molar-refractivity contribution in [3.8, 4) is 11.4 Å². The van der Waals surface area contributed by atoms with E-state index >= 15 is 0 Å². The summed E-state index contributed by atoms with van der Waals surface area (Å²) in [5.74, 6) is 0. The molecule has 5 heteroatoms. The molecular weight excluding hydrogens is 256 g/mol. The number of pyridine rings is 1. The van der Waals surface area contributed by atoms with Crippen LogP contribution in [0.3, 0.4) is 0 Å². The number of aliphatic hydroxyl groups excluding tert-OH is 1. The van der Waals surface area contributed by atoms with E-state index in [4.69, 9.17) is 9.84 Å². The Kier molecular flexibility index (Phi) is 3.90. The van der Waals surface area contributed by atoms with E-state index in [-0.39, 0.29) is 6.61 Å². The lowest BCUT2D eigenvalue weighted by Gasteiger charge is -2.20. The first-order valence-electron chi connectivity index (χ1n) is 6.37. The first-order chi connectivity index (χ1) is 9.40. The Morgan fingerprint density at radius 1 is 1.35 bits per heavy atom. The van der Waals surface area contributed by atoms with Crippen LogP contribution in [0.15, 0.2) is 36.7 Å². The third-order valence-corrected chi connectivity index (χ3v) is 2.61. The number of aliphatic hydroxyl groups is 1. The van der Waals surface area contributed by atoms with Gasteiger partial charge in [-0.1, -0.05) is 6.07 Å². The number of carbonyl (C=O) groups excluding carboxylic acids is 1. The SMILES string of the molecule is CC(C)(C)OC(=O)n1cccc1-c1ccc(CO)cn1. The molecule has 0 fully saturated rings. The minimum absolute atomic E-state index is 0.0552. The highest BCUT2D eigenvalue weighted by Gasteiger charge is 2.20. The number of hydrogen-bond donors (Lipinski definition) is 1. The first kappa shape index (κ1) is 14.3. The van der Waals surface area contributed by atoms with E-state index in [0.717, 1.165) is 5.56 Å². The predicted molar refractivity (Wildman–Crippen MR) is 75.2 cm³/mol.